The van der Waals surface area contributed by atoms with Crippen molar-refractivity contribution in [2.24, 2.45) is 0 Å². The zero-order valence-electron chi connectivity index (χ0n) is 8.46. The molecule has 0 spiro atoms. The normalized spacial score (nSPS) is 10.5. The van der Waals surface area contributed by atoms with E-state index in [1.165, 1.54) is 5.56 Å². The number of hydrazine groups is 1. The van der Waals surface area contributed by atoms with E-state index >= 15 is 0 Å². The van der Waals surface area contributed by atoms with Gasteiger partial charge in [0.15, 0.2) is 0 Å². The van der Waals surface area contributed by atoms with Gasteiger partial charge in [-0.3, -0.25) is 0 Å². The number of benzene rings is 1. The molecule has 0 unspecified atom stereocenters. The molecule has 3 nitrogen and oxygen atoms in total. The molecule has 0 radical (unpaired) electrons. The maximum atomic E-state index is 3.10. The fraction of sp³-hybridized carbons (Fsp3) is 0.400. The standard InChI is InChI=1S/C10H17N3/c1-11-12-10-7-5-4-6-9(10)8-13(2)3/h4-7,11-12H,8H2,1-3H3. The molecule has 0 atom stereocenters. The van der Waals surface area contributed by atoms with E-state index < -0.39 is 0 Å². The summed E-state index contributed by atoms with van der Waals surface area (Å²) in [6.07, 6.45) is 0. The minimum Gasteiger partial charge on any atom is -0.321 e. The van der Waals surface area contributed by atoms with Crippen molar-refractivity contribution in [3.05, 3.63) is 29.8 Å². The van der Waals surface area contributed by atoms with Gasteiger partial charge in [0.1, 0.15) is 0 Å². The number of nitrogens with zero attached hydrogens (tertiary/aromatic N) is 1. The zero-order chi connectivity index (χ0) is 9.68. The molecule has 0 saturated heterocycles. The smallest absolute Gasteiger partial charge is 0.0532 e. The molecule has 72 valence electrons. The molecule has 0 saturated carbocycles. The van der Waals surface area contributed by atoms with E-state index in [-0.39, 0.29) is 0 Å². The van der Waals surface area contributed by atoms with Crippen molar-refractivity contribution in [3.63, 3.8) is 0 Å². The molecule has 0 bridgehead atoms. The Balaban J connectivity index is 2.78. The lowest BCUT2D eigenvalue weighted by atomic mass is 10.2. The van der Waals surface area contributed by atoms with Crippen molar-refractivity contribution in [2.75, 3.05) is 26.6 Å². The molecule has 0 fully saturated rings. The molecular weight excluding hydrogens is 162 g/mol. The Morgan fingerprint density at radius 3 is 2.54 bits per heavy atom. The Morgan fingerprint density at radius 2 is 1.92 bits per heavy atom. The molecule has 0 aliphatic heterocycles. The first-order valence-electron chi connectivity index (χ1n) is 4.39. The average Bonchev–Trinajstić information content (AvgIpc) is 2.08. The lowest BCUT2D eigenvalue weighted by Crippen LogP contribution is -2.18. The molecule has 1 rings (SSSR count). The first-order valence-corrected chi connectivity index (χ1v) is 4.39. The number of para-hydroxylation sites is 1. The maximum absolute atomic E-state index is 3.10. The van der Waals surface area contributed by atoms with Crippen LogP contribution in [0.25, 0.3) is 0 Å². The van der Waals surface area contributed by atoms with Crippen molar-refractivity contribution in [1.29, 1.82) is 0 Å². The molecule has 1 aromatic carbocycles. The van der Waals surface area contributed by atoms with Crippen LogP contribution in [0.5, 0.6) is 0 Å². The summed E-state index contributed by atoms with van der Waals surface area (Å²) in [7, 11) is 6.00. The van der Waals surface area contributed by atoms with E-state index in [0.717, 1.165) is 12.2 Å². The van der Waals surface area contributed by atoms with Gasteiger partial charge in [-0.05, 0) is 25.7 Å². The van der Waals surface area contributed by atoms with Crippen molar-refractivity contribution < 1.29 is 0 Å². The van der Waals surface area contributed by atoms with Crippen LogP contribution in [0.15, 0.2) is 24.3 Å². The number of anilines is 1. The summed E-state index contributed by atoms with van der Waals surface area (Å²) in [5, 5.41) is 0. The predicted octanol–water partition coefficient (Wildman–Crippen LogP) is 1.29. The third kappa shape index (κ3) is 3.05. The Hall–Kier alpha value is -1.06. The third-order valence-corrected chi connectivity index (χ3v) is 1.76. The van der Waals surface area contributed by atoms with Crippen LogP contribution < -0.4 is 10.9 Å². The van der Waals surface area contributed by atoms with Gasteiger partial charge in [0.05, 0.1) is 5.69 Å². The minimum atomic E-state index is 0.949. The fourth-order valence-corrected chi connectivity index (χ4v) is 1.26. The average molecular weight is 179 g/mol. The Bertz CT molecular complexity index is 258. The summed E-state index contributed by atoms with van der Waals surface area (Å²) < 4.78 is 0. The second kappa shape index (κ2) is 4.84. The van der Waals surface area contributed by atoms with E-state index in [0.29, 0.717) is 0 Å². The number of hydrogen-bond acceptors (Lipinski definition) is 3. The second-order valence-corrected chi connectivity index (χ2v) is 3.27. The van der Waals surface area contributed by atoms with Crippen molar-refractivity contribution >= 4 is 5.69 Å². The van der Waals surface area contributed by atoms with Crippen molar-refractivity contribution in [2.45, 2.75) is 6.54 Å². The highest BCUT2D eigenvalue weighted by Crippen LogP contribution is 2.14. The molecular formula is C10H17N3. The topological polar surface area (TPSA) is 27.3 Å². The van der Waals surface area contributed by atoms with Crippen molar-refractivity contribution in [1.82, 2.24) is 10.3 Å². The molecule has 0 aromatic heterocycles. The van der Waals surface area contributed by atoms with Crippen LogP contribution in [0.2, 0.25) is 0 Å². The fourth-order valence-electron chi connectivity index (χ4n) is 1.26. The van der Waals surface area contributed by atoms with Crippen LogP contribution in [-0.2, 0) is 6.54 Å². The second-order valence-electron chi connectivity index (χ2n) is 3.27. The highest BCUT2D eigenvalue weighted by Gasteiger charge is 2.00. The van der Waals surface area contributed by atoms with Crippen molar-refractivity contribution in [3.8, 4) is 0 Å². The Morgan fingerprint density at radius 1 is 1.23 bits per heavy atom. The van der Waals surface area contributed by atoms with Crippen LogP contribution in [0, 0.1) is 0 Å². The number of nitrogens with one attached hydrogen (secondary N) is 2. The first kappa shape index (κ1) is 10.0. The molecule has 0 amide bonds. The number of hydrogen-bond donors (Lipinski definition) is 2. The van der Waals surface area contributed by atoms with Gasteiger partial charge < -0.3 is 10.3 Å². The van der Waals surface area contributed by atoms with E-state index in [9.17, 15) is 0 Å². The SMILES string of the molecule is CNNc1ccccc1CN(C)C. The van der Waals surface area contributed by atoms with Crippen LogP contribution >= 0.6 is 0 Å². The predicted molar refractivity (Wildman–Crippen MR) is 56.5 cm³/mol. The van der Waals surface area contributed by atoms with Gasteiger partial charge in [-0.25, -0.2) is 5.43 Å². The van der Waals surface area contributed by atoms with E-state index in [1.807, 2.05) is 13.1 Å². The first-order chi connectivity index (χ1) is 6.24. The molecule has 1 aromatic rings. The van der Waals surface area contributed by atoms with Crippen LogP contribution in [0.1, 0.15) is 5.56 Å². The summed E-state index contributed by atoms with van der Waals surface area (Å²) in [6, 6.07) is 8.27. The molecule has 0 aliphatic carbocycles. The molecule has 0 aliphatic rings. The van der Waals surface area contributed by atoms with Crippen LogP contribution in [-0.4, -0.2) is 26.0 Å². The van der Waals surface area contributed by atoms with Gasteiger partial charge in [0.25, 0.3) is 0 Å². The van der Waals surface area contributed by atoms with Gasteiger partial charge in [0, 0.05) is 13.6 Å². The summed E-state index contributed by atoms with van der Waals surface area (Å²) in [6.45, 7) is 0.949. The van der Waals surface area contributed by atoms with E-state index in [2.05, 4.69) is 48.0 Å². The largest absolute Gasteiger partial charge is 0.321 e. The summed E-state index contributed by atoms with van der Waals surface area (Å²) in [4.78, 5) is 2.15. The lowest BCUT2D eigenvalue weighted by molar-refractivity contribution is 0.403. The molecule has 13 heavy (non-hydrogen) atoms. The maximum Gasteiger partial charge on any atom is 0.0532 e. The van der Waals surface area contributed by atoms with Gasteiger partial charge in [0.2, 0.25) is 0 Å². The van der Waals surface area contributed by atoms with Gasteiger partial charge in [-0.1, -0.05) is 18.2 Å². The van der Waals surface area contributed by atoms with Gasteiger partial charge in [-0.15, -0.1) is 0 Å². The Kier molecular flexibility index (Phi) is 3.73. The summed E-state index contributed by atoms with van der Waals surface area (Å²) in [5.41, 5.74) is 8.46. The highest BCUT2D eigenvalue weighted by atomic mass is 15.3. The third-order valence-electron chi connectivity index (χ3n) is 1.76. The molecule has 2 N–H and O–H groups in total. The quantitative estimate of drug-likeness (QED) is 0.682. The lowest BCUT2D eigenvalue weighted by Gasteiger charge is -2.14. The van der Waals surface area contributed by atoms with E-state index in [4.69, 9.17) is 0 Å². The van der Waals surface area contributed by atoms with Gasteiger partial charge in [-0.2, -0.15) is 0 Å². The molecule has 3 heteroatoms. The van der Waals surface area contributed by atoms with Gasteiger partial charge >= 0.3 is 0 Å². The van der Waals surface area contributed by atoms with Crippen LogP contribution in [0.4, 0.5) is 5.69 Å². The zero-order valence-corrected chi connectivity index (χ0v) is 8.46. The summed E-state index contributed by atoms with van der Waals surface area (Å²) >= 11 is 0. The monoisotopic (exact) mass is 179 g/mol. The Labute approximate surface area is 79.7 Å². The number of rotatable bonds is 4. The van der Waals surface area contributed by atoms with Crippen LogP contribution in [0.3, 0.4) is 0 Å². The van der Waals surface area contributed by atoms with E-state index in [1.54, 1.807) is 0 Å². The molecule has 0 heterocycles. The minimum absolute atomic E-state index is 0.949. The highest BCUT2D eigenvalue weighted by molar-refractivity contribution is 5.50. The summed E-state index contributed by atoms with van der Waals surface area (Å²) in [5.74, 6) is 0.